The Morgan fingerprint density at radius 2 is 1.88 bits per heavy atom. The van der Waals surface area contributed by atoms with E-state index in [4.69, 9.17) is 16.1 Å². The Morgan fingerprint density at radius 3 is 2.71 bits per heavy atom. The lowest BCUT2D eigenvalue weighted by Crippen LogP contribution is -2.06. The molecule has 2 heterocycles. The van der Waals surface area contributed by atoms with Gasteiger partial charge in [0.05, 0.1) is 11.0 Å². The fourth-order valence-corrected chi connectivity index (χ4v) is 2.52. The van der Waals surface area contributed by atoms with Crippen LogP contribution in [0.3, 0.4) is 0 Å². The van der Waals surface area contributed by atoms with Crippen LogP contribution in [0.15, 0.2) is 53.1 Å². The molecule has 0 amide bonds. The van der Waals surface area contributed by atoms with E-state index in [0.717, 1.165) is 22.5 Å². The van der Waals surface area contributed by atoms with Crippen molar-refractivity contribution in [3.63, 3.8) is 0 Å². The topological polar surface area (TPSA) is 79.6 Å². The molecule has 4 aromatic rings. The van der Waals surface area contributed by atoms with Crippen molar-refractivity contribution in [1.82, 2.24) is 20.1 Å². The molecule has 0 unspecified atom stereocenters. The maximum Gasteiger partial charge on any atom is 0.228 e. The Hall–Kier alpha value is -2.86. The highest BCUT2D eigenvalue weighted by molar-refractivity contribution is 6.30. The Kier molecular flexibility index (Phi) is 3.88. The Labute approximate surface area is 142 Å². The number of aromatic amines is 1. The van der Waals surface area contributed by atoms with E-state index >= 15 is 0 Å². The summed E-state index contributed by atoms with van der Waals surface area (Å²) in [7, 11) is 0. The molecule has 0 aliphatic carbocycles. The van der Waals surface area contributed by atoms with E-state index in [-0.39, 0.29) is 0 Å². The van der Waals surface area contributed by atoms with Crippen LogP contribution >= 0.6 is 11.6 Å². The van der Waals surface area contributed by atoms with Crippen LogP contribution in [-0.4, -0.2) is 26.7 Å². The van der Waals surface area contributed by atoms with Crippen molar-refractivity contribution in [2.45, 2.75) is 6.42 Å². The normalized spacial score (nSPS) is 11.0. The van der Waals surface area contributed by atoms with Crippen LogP contribution in [0.4, 0.5) is 5.95 Å². The van der Waals surface area contributed by atoms with Crippen LogP contribution in [0.1, 0.15) is 5.89 Å². The third-order valence-electron chi connectivity index (χ3n) is 3.59. The van der Waals surface area contributed by atoms with Gasteiger partial charge < -0.3 is 14.8 Å². The second-order valence-corrected chi connectivity index (χ2v) is 5.73. The van der Waals surface area contributed by atoms with Gasteiger partial charge in [-0.25, -0.2) is 4.98 Å². The lowest BCUT2D eigenvalue weighted by molar-refractivity contribution is 0.381. The molecule has 2 N–H and O–H groups in total. The molecule has 4 rings (SSSR count). The number of para-hydroxylation sites is 2. The summed E-state index contributed by atoms with van der Waals surface area (Å²) in [5.74, 6) is 1.86. The first-order valence-electron chi connectivity index (χ1n) is 7.55. The molecular formula is C17H14ClN5O. The largest absolute Gasteiger partial charge is 0.355 e. The van der Waals surface area contributed by atoms with Crippen molar-refractivity contribution in [3.8, 4) is 11.4 Å². The number of halogens is 1. The number of anilines is 1. The minimum atomic E-state index is 0.561. The third kappa shape index (κ3) is 3.09. The number of H-pyrrole nitrogens is 1. The second kappa shape index (κ2) is 6.33. The Morgan fingerprint density at radius 1 is 1.04 bits per heavy atom. The molecule has 2 aromatic heterocycles. The van der Waals surface area contributed by atoms with E-state index in [1.807, 2.05) is 36.4 Å². The zero-order valence-electron chi connectivity index (χ0n) is 12.7. The van der Waals surface area contributed by atoms with E-state index in [1.54, 1.807) is 12.1 Å². The number of benzene rings is 2. The molecule has 24 heavy (non-hydrogen) atoms. The van der Waals surface area contributed by atoms with Gasteiger partial charge in [-0.3, -0.25) is 0 Å². The van der Waals surface area contributed by atoms with Crippen molar-refractivity contribution in [3.05, 3.63) is 59.4 Å². The van der Waals surface area contributed by atoms with Crippen LogP contribution in [0, 0.1) is 0 Å². The van der Waals surface area contributed by atoms with Crippen molar-refractivity contribution in [2.24, 2.45) is 0 Å². The summed E-state index contributed by atoms with van der Waals surface area (Å²) in [4.78, 5) is 12.1. The van der Waals surface area contributed by atoms with E-state index in [2.05, 4.69) is 25.4 Å². The van der Waals surface area contributed by atoms with Crippen LogP contribution in [0.25, 0.3) is 22.4 Å². The minimum absolute atomic E-state index is 0.561. The quantitative estimate of drug-likeness (QED) is 0.576. The second-order valence-electron chi connectivity index (χ2n) is 5.30. The summed E-state index contributed by atoms with van der Waals surface area (Å²) in [5.41, 5.74) is 2.81. The molecule has 0 saturated carbocycles. The number of hydrogen-bond acceptors (Lipinski definition) is 5. The molecule has 120 valence electrons. The van der Waals surface area contributed by atoms with Gasteiger partial charge in [0.1, 0.15) is 0 Å². The molecule has 0 aliphatic rings. The predicted molar refractivity (Wildman–Crippen MR) is 93.0 cm³/mol. The SMILES string of the molecule is Clc1ccc(-c2noc(CCNc3nc4ccccc4[nH]3)n2)cc1. The summed E-state index contributed by atoms with van der Waals surface area (Å²) in [5, 5.41) is 7.90. The summed E-state index contributed by atoms with van der Waals surface area (Å²) >= 11 is 5.88. The van der Waals surface area contributed by atoms with Gasteiger partial charge in [0, 0.05) is 23.6 Å². The molecule has 0 atom stereocenters. The zero-order chi connectivity index (χ0) is 16.4. The fourth-order valence-electron chi connectivity index (χ4n) is 2.40. The van der Waals surface area contributed by atoms with E-state index in [9.17, 15) is 0 Å². The molecule has 6 nitrogen and oxygen atoms in total. The third-order valence-corrected chi connectivity index (χ3v) is 3.84. The highest BCUT2D eigenvalue weighted by Gasteiger charge is 2.09. The molecule has 7 heteroatoms. The molecule has 0 saturated heterocycles. The molecule has 0 bridgehead atoms. The summed E-state index contributed by atoms with van der Waals surface area (Å²) in [6.45, 7) is 0.641. The highest BCUT2D eigenvalue weighted by Crippen LogP contribution is 2.19. The number of fused-ring (bicyclic) bond motifs is 1. The van der Waals surface area contributed by atoms with Gasteiger partial charge >= 0.3 is 0 Å². The monoisotopic (exact) mass is 339 g/mol. The average Bonchev–Trinajstić information content (AvgIpc) is 3.22. The summed E-state index contributed by atoms with van der Waals surface area (Å²) in [6, 6.07) is 15.2. The molecular weight excluding hydrogens is 326 g/mol. The van der Waals surface area contributed by atoms with Crippen LogP contribution in [0.5, 0.6) is 0 Å². The molecule has 0 radical (unpaired) electrons. The first kappa shape index (κ1) is 14.7. The van der Waals surface area contributed by atoms with Gasteiger partial charge in [-0.05, 0) is 36.4 Å². The first-order chi connectivity index (χ1) is 11.8. The fraction of sp³-hybridized carbons (Fsp3) is 0.118. The van der Waals surface area contributed by atoms with Crippen LogP contribution < -0.4 is 5.32 Å². The van der Waals surface area contributed by atoms with Crippen molar-refractivity contribution < 1.29 is 4.52 Å². The predicted octanol–water partition coefficient (Wildman–Crippen LogP) is 3.92. The first-order valence-corrected chi connectivity index (χ1v) is 7.93. The van der Waals surface area contributed by atoms with Gasteiger partial charge in [-0.2, -0.15) is 4.98 Å². The van der Waals surface area contributed by atoms with Crippen molar-refractivity contribution in [1.29, 1.82) is 0 Å². The summed E-state index contributed by atoms with van der Waals surface area (Å²) < 4.78 is 5.28. The minimum Gasteiger partial charge on any atom is -0.355 e. The lowest BCUT2D eigenvalue weighted by Gasteiger charge is -1.98. The number of hydrogen-bond donors (Lipinski definition) is 2. The molecule has 0 fully saturated rings. The van der Waals surface area contributed by atoms with Crippen molar-refractivity contribution >= 4 is 28.6 Å². The zero-order valence-corrected chi connectivity index (χ0v) is 13.4. The van der Waals surface area contributed by atoms with Gasteiger partial charge in [0.15, 0.2) is 0 Å². The lowest BCUT2D eigenvalue weighted by atomic mass is 10.2. The molecule has 2 aromatic carbocycles. The Balaban J connectivity index is 1.38. The van der Waals surface area contributed by atoms with E-state index < -0.39 is 0 Å². The summed E-state index contributed by atoms with van der Waals surface area (Å²) in [6.07, 6.45) is 0.609. The van der Waals surface area contributed by atoms with Gasteiger partial charge in [-0.15, -0.1) is 0 Å². The highest BCUT2D eigenvalue weighted by atomic mass is 35.5. The van der Waals surface area contributed by atoms with Crippen molar-refractivity contribution in [2.75, 3.05) is 11.9 Å². The Bertz CT molecular complexity index is 927. The van der Waals surface area contributed by atoms with Crippen LogP contribution in [-0.2, 0) is 6.42 Å². The maximum absolute atomic E-state index is 5.88. The maximum atomic E-state index is 5.88. The molecule has 0 aliphatic heterocycles. The van der Waals surface area contributed by atoms with Crippen LogP contribution in [0.2, 0.25) is 5.02 Å². The molecule has 0 spiro atoms. The van der Waals surface area contributed by atoms with Gasteiger partial charge in [0.2, 0.25) is 17.7 Å². The van der Waals surface area contributed by atoms with E-state index in [1.165, 1.54) is 0 Å². The standard InChI is InChI=1S/C17H14ClN5O/c18-12-7-5-11(6-8-12)16-22-15(24-23-16)9-10-19-17-20-13-3-1-2-4-14(13)21-17/h1-8H,9-10H2,(H2,19,20,21). The number of aromatic nitrogens is 4. The average molecular weight is 340 g/mol. The van der Waals surface area contributed by atoms with E-state index in [0.29, 0.717) is 29.7 Å². The number of imidazole rings is 1. The number of nitrogens with one attached hydrogen (secondary N) is 2. The van der Waals surface area contributed by atoms with Gasteiger partial charge in [0.25, 0.3) is 0 Å². The smallest absolute Gasteiger partial charge is 0.228 e. The van der Waals surface area contributed by atoms with Gasteiger partial charge in [-0.1, -0.05) is 28.9 Å². The number of nitrogens with zero attached hydrogens (tertiary/aromatic N) is 3. The number of rotatable bonds is 5.